The average Bonchev–Trinajstić information content (AvgIpc) is 2.93. The number of hydrogen-bond donors (Lipinski definition) is 0. The molecule has 3 aromatic rings. The summed E-state index contributed by atoms with van der Waals surface area (Å²) in [6.45, 7) is 4.39. The van der Waals surface area contributed by atoms with Crippen LogP contribution in [0, 0.1) is 18.6 Å². The molecule has 0 spiro atoms. The Balaban J connectivity index is 1.93. The molecule has 2 aromatic carbocycles. The van der Waals surface area contributed by atoms with E-state index in [4.69, 9.17) is 4.74 Å². The molecule has 122 valence electrons. The van der Waals surface area contributed by atoms with Crippen LogP contribution in [0.4, 0.5) is 8.78 Å². The van der Waals surface area contributed by atoms with Crippen LogP contribution in [-0.2, 0) is 0 Å². The smallest absolute Gasteiger partial charge is 0.182 e. The number of benzene rings is 2. The van der Waals surface area contributed by atoms with E-state index in [9.17, 15) is 8.78 Å². The standard InChI is InChI=1S/C19H20F2OS/c1-3-4-5-6-11-22-15-10-9-14-13-8-7-12(2)16(20)18(13)23-19(14)17(15)21/h7-10H,3-6,11H2,1-2H3. The molecular formula is C19H20F2OS. The van der Waals surface area contributed by atoms with Crippen molar-refractivity contribution in [1.29, 1.82) is 0 Å². The van der Waals surface area contributed by atoms with Crippen molar-refractivity contribution in [2.24, 2.45) is 0 Å². The molecular weight excluding hydrogens is 314 g/mol. The van der Waals surface area contributed by atoms with Crippen LogP contribution in [0.5, 0.6) is 5.75 Å². The van der Waals surface area contributed by atoms with E-state index < -0.39 is 0 Å². The zero-order chi connectivity index (χ0) is 16.4. The number of hydrogen-bond acceptors (Lipinski definition) is 2. The molecule has 0 aliphatic carbocycles. The van der Waals surface area contributed by atoms with Gasteiger partial charge in [-0.05, 0) is 31.0 Å². The van der Waals surface area contributed by atoms with Crippen LogP contribution in [0.25, 0.3) is 20.2 Å². The van der Waals surface area contributed by atoms with Gasteiger partial charge < -0.3 is 4.74 Å². The third kappa shape index (κ3) is 3.05. The van der Waals surface area contributed by atoms with Crippen LogP contribution >= 0.6 is 11.3 Å². The van der Waals surface area contributed by atoms with E-state index in [1.807, 2.05) is 12.1 Å². The molecule has 0 atom stereocenters. The van der Waals surface area contributed by atoms with Gasteiger partial charge in [-0.25, -0.2) is 8.78 Å². The van der Waals surface area contributed by atoms with Crippen LogP contribution in [0.2, 0.25) is 0 Å². The Bertz CT molecular complexity index is 838. The van der Waals surface area contributed by atoms with Crippen LogP contribution in [0.15, 0.2) is 24.3 Å². The van der Waals surface area contributed by atoms with Gasteiger partial charge in [-0.15, -0.1) is 11.3 Å². The number of unbranched alkanes of at least 4 members (excludes halogenated alkanes) is 3. The lowest BCUT2D eigenvalue weighted by Gasteiger charge is -2.07. The minimum atomic E-state index is -0.378. The second kappa shape index (κ2) is 6.83. The van der Waals surface area contributed by atoms with Gasteiger partial charge in [0.05, 0.1) is 16.0 Å². The fraction of sp³-hybridized carbons (Fsp3) is 0.368. The van der Waals surface area contributed by atoms with Crippen LogP contribution in [-0.4, -0.2) is 6.61 Å². The molecule has 1 heterocycles. The molecule has 0 N–H and O–H groups in total. The lowest BCUT2D eigenvalue weighted by molar-refractivity contribution is 0.292. The van der Waals surface area contributed by atoms with Gasteiger partial charge in [-0.2, -0.15) is 0 Å². The van der Waals surface area contributed by atoms with Crippen LogP contribution in [0.1, 0.15) is 38.2 Å². The van der Waals surface area contributed by atoms with Gasteiger partial charge in [0.15, 0.2) is 11.6 Å². The summed E-state index contributed by atoms with van der Waals surface area (Å²) >= 11 is 1.16. The molecule has 0 fully saturated rings. The Hall–Kier alpha value is -1.68. The summed E-state index contributed by atoms with van der Waals surface area (Å²) in [5, 5.41) is 1.52. The highest BCUT2D eigenvalue weighted by molar-refractivity contribution is 7.25. The normalized spacial score (nSPS) is 11.5. The van der Waals surface area contributed by atoms with E-state index in [1.165, 1.54) is 6.42 Å². The number of aryl methyl sites for hydroxylation is 1. The molecule has 0 unspecified atom stereocenters. The highest BCUT2D eigenvalue weighted by Crippen LogP contribution is 2.40. The molecule has 1 aromatic heterocycles. The Morgan fingerprint density at radius 2 is 1.61 bits per heavy atom. The summed E-state index contributed by atoms with van der Waals surface area (Å²) in [5.74, 6) is -0.376. The predicted octanol–water partition coefficient (Wildman–Crippen LogP) is 6.60. The maximum atomic E-state index is 14.7. The van der Waals surface area contributed by atoms with Crippen molar-refractivity contribution in [2.45, 2.75) is 39.5 Å². The first-order chi connectivity index (χ1) is 11.1. The Morgan fingerprint density at radius 1 is 0.913 bits per heavy atom. The van der Waals surface area contributed by atoms with E-state index in [0.29, 0.717) is 21.6 Å². The SMILES string of the molecule is CCCCCCOc1ccc2c(sc3c(F)c(C)ccc32)c1F. The molecule has 23 heavy (non-hydrogen) atoms. The zero-order valence-corrected chi connectivity index (χ0v) is 14.2. The van der Waals surface area contributed by atoms with Crippen molar-refractivity contribution < 1.29 is 13.5 Å². The Kier molecular flexibility index (Phi) is 4.81. The number of fused-ring (bicyclic) bond motifs is 3. The lowest BCUT2D eigenvalue weighted by Crippen LogP contribution is -1.99. The molecule has 0 radical (unpaired) electrons. The van der Waals surface area contributed by atoms with Gasteiger partial charge in [0.2, 0.25) is 0 Å². The minimum Gasteiger partial charge on any atom is -0.490 e. The minimum absolute atomic E-state index is 0.259. The summed E-state index contributed by atoms with van der Waals surface area (Å²) in [4.78, 5) is 0. The fourth-order valence-electron chi connectivity index (χ4n) is 2.74. The van der Waals surface area contributed by atoms with Gasteiger partial charge in [-0.1, -0.05) is 38.3 Å². The third-order valence-electron chi connectivity index (χ3n) is 4.10. The van der Waals surface area contributed by atoms with Crippen molar-refractivity contribution >= 4 is 31.5 Å². The fourth-order valence-corrected chi connectivity index (χ4v) is 3.96. The summed E-state index contributed by atoms with van der Waals surface area (Å²) in [6.07, 6.45) is 4.34. The van der Waals surface area contributed by atoms with Crippen molar-refractivity contribution in [2.75, 3.05) is 6.61 Å². The number of rotatable bonds is 6. The van der Waals surface area contributed by atoms with E-state index >= 15 is 0 Å². The molecule has 4 heteroatoms. The number of halogens is 2. The summed E-state index contributed by atoms with van der Waals surface area (Å²) in [5.41, 5.74) is 0.580. The highest BCUT2D eigenvalue weighted by atomic mass is 32.1. The number of ether oxygens (including phenoxy) is 1. The van der Waals surface area contributed by atoms with E-state index in [-0.39, 0.29) is 17.4 Å². The van der Waals surface area contributed by atoms with Crippen LogP contribution < -0.4 is 4.74 Å². The van der Waals surface area contributed by atoms with Crippen LogP contribution in [0.3, 0.4) is 0 Å². The molecule has 0 aliphatic heterocycles. The Morgan fingerprint density at radius 3 is 2.35 bits per heavy atom. The summed E-state index contributed by atoms with van der Waals surface area (Å²) < 4.78 is 35.5. The molecule has 0 aliphatic rings. The molecule has 0 bridgehead atoms. The van der Waals surface area contributed by atoms with Gasteiger partial charge in [0.25, 0.3) is 0 Å². The first-order valence-corrected chi connectivity index (χ1v) is 8.87. The van der Waals surface area contributed by atoms with Gasteiger partial charge >= 0.3 is 0 Å². The monoisotopic (exact) mass is 334 g/mol. The second-order valence-corrected chi connectivity index (χ2v) is 6.86. The van der Waals surface area contributed by atoms with Gasteiger partial charge in [0, 0.05) is 10.8 Å². The third-order valence-corrected chi connectivity index (χ3v) is 5.31. The molecule has 3 rings (SSSR count). The van der Waals surface area contributed by atoms with Crippen molar-refractivity contribution in [3.05, 3.63) is 41.5 Å². The number of thiophene rings is 1. The maximum Gasteiger partial charge on any atom is 0.182 e. The molecule has 0 amide bonds. The summed E-state index contributed by atoms with van der Waals surface area (Å²) in [7, 11) is 0. The predicted molar refractivity (Wildman–Crippen MR) is 93.6 cm³/mol. The second-order valence-electron chi connectivity index (χ2n) is 5.84. The largest absolute Gasteiger partial charge is 0.490 e. The average molecular weight is 334 g/mol. The van der Waals surface area contributed by atoms with E-state index in [1.54, 1.807) is 19.1 Å². The molecule has 1 nitrogen and oxygen atoms in total. The first kappa shape index (κ1) is 16.2. The highest BCUT2D eigenvalue weighted by Gasteiger charge is 2.16. The maximum absolute atomic E-state index is 14.7. The summed E-state index contributed by atoms with van der Waals surface area (Å²) in [6, 6.07) is 7.08. The lowest BCUT2D eigenvalue weighted by atomic mass is 10.1. The molecule has 0 saturated carbocycles. The van der Waals surface area contributed by atoms with Crippen molar-refractivity contribution in [3.8, 4) is 5.75 Å². The topological polar surface area (TPSA) is 9.23 Å². The van der Waals surface area contributed by atoms with Gasteiger partial charge in [-0.3, -0.25) is 0 Å². The van der Waals surface area contributed by atoms with E-state index in [2.05, 4.69) is 6.92 Å². The van der Waals surface area contributed by atoms with Crippen molar-refractivity contribution in [3.63, 3.8) is 0 Å². The van der Waals surface area contributed by atoms with Gasteiger partial charge in [0.1, 0.15) is 5.82 Å². The molecule has 0 saturated heterocycles. The van der Waals surface area contributed by atoms with E-state index in [0.717, 1.165) is 41.4 Å². The quantitative estimate of drug-likeness (QED) is 0.461. The first-order valence-electron chi connectivity index (χ1n) is 8.06. The Labute approximate surface area is 138 Å². The van der Waals surface area contributed by atoms with Crippen molar-refractivity contribution in [1.82, 2.24) is 0 Å². The zero-order valence-electron chi connectivity index (χ0n) is 13.4.